The first kappa shape index (κ1) is 12.5. The Morgan fingerprint density at radius 1 is 1.10 bits per heavy atom. The molecule has 0 saturated carbocycles. The van der Waals surface area contributed by atoms with Crippen LogP contribution in [0, 0.1) is 12.3 Å². The maximum Gasteiger partial charge on any atom is 0.269 e. The second-order valence-corrected chi connectivity index (χ2v) is 4.73. The van der Waals surface area contributed by atoms with Crippen LogP contribution >= 0.6 is 0 Å². The quantitative estimate of drug-likeness (QED) is 0.846. The van der Waals surface area contributed by atoms with Crippen molar-refractivity contribution in [3.8, 4) is 12.3 Å². The number of carbonyl (C=O) groups is 1. The van der Waals surface area contributed by atoms with Crippen molar-refractivity contribution in [1.82, 2.24) is 0 Å². The zero-order valence-electron chi connectivity index (χ0n) is 10.8. The Kier molecular flexibility index (Phi) is 2.81. The molecule has 1 amide bonds. The van der Waals surface area contributed by atoms with Gasteiger partial charge in [0.25, 0.3) is 5.91 Å². The molecule has 0 spiro atoms. The molecular formula is C17H13NO2. The number of amides is 1. The van der Waals surface area contributed by atoms with Gasteiger partial charge < -0.3 is 5.11 Å². The van der Waals surface area contributed by atoms with E-state index in [1.165, 1.54) is 4.90 Å². The number of anilines is 2. The largest absolute Gasteiger partial charge is 0.374 e. The third-order valence-corrected chi connectivity index (χ3v) is 3.52. The summed E-state index contributed by atoms with van der Waals surface area (Å²) in [6, 6.07) is 16.4. The summed E-state index contributed by atoms with van der Waals surface area (Å²) in [4.78, 5) is 14.2. The van der Waals surface area contributed by atoms with E-state index in [9.17, 15) is 9.90 Å². The average Bonchev–Trinajstić information content (AvgIpc) is 2.70. The first-order valence-corrected chi connectivity index (χ1v) is 6.33. The fraction of sp³-hybridized carbons (Fsp3) is 0.118. The minimum Gasteiger partial charge on any atom is -0.374 e. The van der Waals surface area contributed by atoms with E-state index >= 15 is 0 Å². The van der Waals surface area contributed by atoms with E-state index in [1.807, 2.05) is 42.5 Å². The molecule has 0 saturated heterocycles. The predicted molar refractivity (Wildman–Crippen MR) is 77.4 cm³/mol. The average molecular weight is 263 g/mol. The normalized spacial score (nSPS) is 20.6. The van der Waals surface area contributed by atoms with Gasteiger partial charge in [-0.3, -0.25) is 9.69 Å². The molecule has 1 heterocycles. The van der Waals surface area contributed by atoms with Crippen molar-refractivity contribution >= 4 is 17.3 Å². The number of rotatable bonds is 2. The SMILES string of the molecule is C#CCC1(O)C(=O)N(c2ccccc2)c2ccccc21. The number of hydrogen-bond donors (Lipinski definition) is 1. The van der Waals surface area contributed by atoms with Crippen LogP contribution in [0.4, 0.5) is 11.4 Å². The van der Waals surface area contributed by atoms with E-state index in [0.29, 0.717) is 11.3 Å². The molecule has 1 aliphatic rings. The third-order valence-electron chi connectivity index (χ3n) is 3.52. The Balaban J connectivity index is 2.20. The van der Waals surface area contributed by atoms with Gasteiger partial charge in [0.1, 0.15) is 0 Å². The number of nitrogens with zero attached hydrogens (tertiary/aromatic N) is 1. The number of terminal acetylenes is 1. The van der Waals surface area contributed by atoms with Crippen molar-refractivity contribution in [2.45, 2.75) is 12.0 Å². The molecule has 3 heteroatoms. The van der Waals surface area contributed by atoms with E-state index in [0.717, 1.165) is 5.69 Å². The maximum atomic E-state index is 12.7. The fourth-order valence-electron chi connectivity index (χ4n) is 2.58. The van der Waals surface area contributed by atoms with Gasteiger partial charge in [-0.25, -0.2) is 0 Å². The molecule has 98 valence electrons. The summed E-state index contributed by atoms with van der Waals surface area (Å²) in [6.45, 7) is 0. The molecule has 0 aliphatic carbocycles. The zero-order chi connectivity index (χ0) is 14.2. The van der Waals surface area contributed by atoms with Crippen LogP contribution in [0.5, 0.6) is 0 Å². The lowest BCUT2D eigenvalue weighted by atomic mass is 9.92. The molecule has 1 N–H and O–H groups in total. The molecule has 1 unspecified atom stereocenters. The van der Waals surface area contributed by atoms with Crippen molar-refractivity contribution in [2.75, 3.05) is 4.90 Å². The van der Waals surface area contributed by atoms with Gasteiger partial charge in [-0.1, -0.05) is 36.4 Å². The van der Waals surface area contributed by atoms with Crippen LogP contribution in [0.2, 0.25) is 0 Å². The topological polar surface area (TPSA) is 40.5 Å². The molecule has 0 radical (unpaired) electrons. The highest BCUT2D eigenvalue weighted by Gasteiger charge is 2.49. The molecule has 0 bridgehead atoms. The van der Waals surface area contributed by atoms with E-state index in [4.69, 9.17) is 6.42 Å². The van der Waals surface area contributed by atoms with Gasteiger partial charge in [-0.15, -0.1) is 12.3 Å². The number of para-hydroxylation sites is 2. The van der Waals surface area contributed by atoms with Crippen molar-refractivity contribution < 1.29 is 9.90 Å². The van der Waals surface area contributed by atoms with E-state index < -0.39 is 11.5 Å². The highest BCUT2D eigenvalue weighted by molar-refractivity contribution is 6.12. The van der Waals surface area contributed by atoms with Crippen LogP contribution in [0.25, 0.3) is 0 Å². The van der Waals surface area contributed by atoms with Crippen LogP contribution in [0.15, 0.2) is 54.6 Å². The van der Waals surface area contributed by atoms with Gasteiger partial charge in [0, 0.05) is 11.3 Å². The maximum absolute atomic E-state index is 12.7. The van der Waals surface area contributed by atoms with Gasteiger partial charge in [0.05, 0.1) is 12.1 Å². The summed E-state index contributed by atoms with van der Waals surface area (Å²) >= 11 is 0. The second-order valence-electron chi connectivity index (χ2n) is 4.73. The van der Waals surface area contributed by atoms with Crippen LogP contribution < -0.4 is 4.90 Å². The Morgan fingerprint density at radius 3 is 2.45 bits per heavy atom. The summed E-state index contributed by atoms with van der Waals surface area (Å²) in [7, 11) is 0. The third kappa shape index (κ3) is 1.63. The van der Waals surface area contributed by atoms with Gasteiger partial charge in [-0.05, 0) is 18.2 Å². The first-order valence-electron chi connectivity index (χ1n) is 6.33. The van der Waals surface area contributed by atoms with Crippen LogP contribution in [-0.4, -0.2) is 11.0 Å². The summed E-state index contributed by atoms with van der Waals surface area (Å²) in [5.74, 6) is 2.00. The molecule has 1 aliphatic heterocycles. The van der Waals surface area contributed by atoms with Crippen molar-refractivity contribution in [1.29, 1.82) is 0 Å². The number of aliphatic hydroxyl groups is 1. The number of carbonyl (C=O) groups excluding carboxylic acids is 1. The van der Waals surface area contributed by atoms with Gasteiger partial charge in [0.2, 0.25) is 0 Å². The smallest absolute Gasteiger partial charge is 0.269 e. The molecule has 0 fully saturated rings. The number of hydrogen-bond acceptors (Lipinski definition) is 2. The predicted octanol–water partition coefficient (Wildman–Crippen LogP) is 2.58. The van der Waals surface area contributed by atoms with Crippen LogP contribution in [0.3, 0.4) is 0 Å². The van der Waals surface area contributed by atoms with Crippen molar-refractivity contribution in [3.63, 3.8) is 0 Å². The Bertz CT molecular complexity index is 702. The highest BCUT2D eigenvalue weighted by atomic mass is 16.3. The van der Waals surface area contributed by atoms with Crippen molar-refractivity contribution in [2.24, 2.45) is 0 Å². The van der Waals surface area contributed by atoms with E-state index in [2.05, 4.69) is 5.92 Å². The summed E-state index contributed by atoms with van der Waals surface area (Å²) in [5, 5.41) is 10.7. The lowest BCUT2D eigenvalue weighted by Crippen LogP contribution is -2.37. The number of fused-ring (bicyclic) bond motifs is 1. The Labute approximate surface area is 117 Å². The standard InChI is InChI=1S/C17H13NO2/c1-2-12-17(20)14-10-6-7-11-15(14)18(16(17)19)13-8-4-3-5-9-13/h1,3-11,20H,12H2. The second kappa shape index (κ2) is 4.52. The molecule has 3 rings (SSSR count). The first-order chi connectivity index (χ1) is 9.68. The molecule has 1 atom stereocenters. The van der Waals surface area contributed by atoms with Crippen LogP contribution in [0.1, 0.15) is 12.0 Å². The minimum absolute atomic E-state index is 0.0355. The fourth-order valence-corrected chi connectivity index (χ4v) is 2.58. The van der Waals surface area contributed by atoms with Crippen LogP contribution in [-0.2, 0) is 10.4 Å². The summed E-state index contributed by atoms with van der Waals surface area (Å²) < 4.78 is 0. The number of benzene rings is 2. The van der Waals surface area contributed by atoms with E-state index in [1.54, 1.807) is 12.1 Å². The lowest BCUT2D eigenvalue weighted by Gasteiger charge is -2.21. The molecule has 2 aromatic rings. The minimum atomic E-state index is -1.64. The van der Waals surface area contributed by atoms with Crippen molar-refractivity contribution in [3.05, 3.63) is 60.2 Å². The monoisotopic (exact) mass is 263 g/mol. The van der Waals surface area contributed by atoms with Gasteiger partial charge in [0.15, 0.2) is 5.60 Å². The lowest BCUT2D eigenvalue weighted by molar-refractivity contribution is -0.134. The van der Waals surface area contributed by atoms with Gasteiger partial charge >= 0.3 is 0 Å². The summed E-state index contributed by atoms with van der Waals surface area (Å²) in [5.41, 5.74) is 0.326. The molecule has 20 heavy (non-hydrogen) atoms. The molecule has 2 aromatic carbocycles. The Morgan fingerprint density at radius 2 is 1.75 bits per heavy atom. The zero-order valence-corrected chi connectivity index (χ0v) is 10.8. The Hall–Kier alpha value is -2.57. The molecular weight excluding hydrogens is 250 g/mol. The molecule has 0 aromatic heterocycles. The van der Waals surface area contributed by atoms with E-state index in [-0.39, 0.29) is 6.42 Å². The van der Waals surface area contributed by atoms with Gasteiger partial charge in [-0.2, -0.15) is 0 Å². The highest BCUT2D eigenvalue weighted by Crippen LogP contribution is 2.45. The molecule has 3 nitrogen and oxygen atoms in total. The summed E-state index contributed by atoms with van der Waals surface area (Å²) in [6.07, 6.45) is 5.28.